The average Bonchev–Trinajstić information content (AvgIpc) is 3.58. The van der Waals surface area contributed by atoms with Crippen molar-refractivity contribution in [1.29, 1.82) is 0 Å². The number of hydrogen-bond donors (Lipinski definition) is 1. The van der Waals surface area contributed by atoms with E-state index >= 15 is 9.59 Å². The number of carbonyl (C=O) groups excluding carboxylic acids is 3. The number of para-hydroxylation sites is 2. The van der Waals surface area contributed by atoms with Crippen LogP contribution in [0.5, 0.6) is 0 Å². The molecule has 0 saturated carbocycles. The second-order valence-electron chi connectivity index (χ2n) is 14.4. The second kappa shape index (κ2) is 11.6. The molecular weight excluding hydrogens is 600 g/mol. The molecule has 0 radical (unpaired) electrons. The Bertz CT molecular complexity index is 1870. The Hall–Kier alpha value is -4.95. The highest BCUT2D eigenvalue weighted by Gasteiger charge is 2.79. The van der Waals surface area contributed by atoms with E-state index in [2.05, 4.69) is 19.2 Å². The Balaban J connectivity index is 1.52. The predicted octanol–water partition coefficient (Wildman–Crippen LogP) is 7.08. The minimum atomic E-state index is -1.79. The van der Waals surface area contributed by atoms with Gasteiger partial charge in [-0.25, -0.2) is 4.79 Å². The van der Waals surface area contributed by atoms with Crippen molar-refractivity contribution in [2.45, 2.75) is 77.0 Å². The lowest BCUT2D eigenvalue weighted by Crippen LogP contribution is -2.66. The van der Waals surface area contributed by atoms with Crippen molar-refractivity contribution in [2.75, 3.05) is 9.80 Å². The molecule has 0 aliphatic carbocycles. The molecule has 3 heterocycles. The van der Waals surface area contributed by atoms with E-state index in [4.69, 9.17) is 4.74 Å². The molecule has 1 N–H and O–H groups in total. The van der Waals surface area contributed by atoms with Gasteiger partial charge in [0.05, 0.1) is 24.9 Å². The fourth-order valence-corrected chi connectivity index (χ4v) is 7.84. The largest absolute Gasteiger partial charge is 0.444 e. The topological polar surface area (TPSA) is 82.2 Å². The van der Waals surface area contributed by atoms with Crippen molar-refractivity contribution >= 4 is 29.3 Å². The van der Waals surface area contributed by atoms with E-state index < -0.39 is 28.9 Å². The SMILES string of the molecule is CC(C)CC1NC2(C(=O)N(Cc3ccccc3)c3ccccc32)C2(C(=O)N(Cc3ccccc3)c3ccccc32)N1C(=O)OC(C)(C)C. The first-order chi connectivity index (χ1) is 23.0. The lowest BCUT2D eigenvalue weighted by atomic mass is 9.69. The van der Waals surface area contributed by atoms with Crippen LogP contribution in [-0.4, -0.2) is 34.6 Å². The molecule has 4 aromatic rings. The van der Waals surface area contributed by atoms with Crippen LogP contribution in [-0.2, 0) is 38.5 Å². The molecule has 3 aliphatic rings. The number of benzene rings is 4. The molecule has 0 aromatic heterocycles. The van der Waals surface area contributed by atoms with E-state index in [1.165, 1.54) is 0 Å². The smallest absolute Gasteiger partial charge is 0.412 e. The Labute approximate surface area is 282 Å². The van der Waals surface area contributed by atoms with Gasteiger partial charge >= 0.3 is 6.09 Å². The van der Waals surface area contributed by atoms with Crippen LogP contribution in [0.3, 0.4) is 0 Å². The zero-order valence-corrected chi connectivity index (χ0v) is 28.1. The summed E-state index contributed by atoms with van der Waals surface area (Å²) in [6, 6.07) is 34.9. The predicted molar refractivity (Wildman–Crippen MR) is 186 cm³/mol. The summed E-state index contributed by atoms with van der Waals surface area (Å²) in [5.41, 5.74) is 0.235. The normalized spacial score (nSPS) is 23.0. The average molecular weight is 643 g/mol. The van der Waals surface area contributed by atoms with Gasteiger partial charge in [0.2, 0.25) is 0 Å². The van der Waals surface area contributed by atoms with Crippen molar-refractivity contribution in [1.82, 2.24) is 10.2 Å². The van der Waals surface area contributed by atoms with Gasteiger partial charge in [0, 0.05) is 16.8 Å². The number of ether oxygens (including phenoxy) is 1. The molecule has 3 unspecified atom stereocenters. The number of rotatable bonds is 6. The van der Waals surface area contributed by atoms with Gasteiger partial charge in [-0.3, -0.25) is 19.8 Å². The zero-order valence-electron chi connectivity index (χ0n) is 28.1. The first kappa shape index (κ1) is 31.6. The van der Waals surface area contributed by atoms with Crippen LogP contribution in [0.1, 0.15) is 63.3 Å². The molecule has 246 valence electrons. The summed E-state index contributed by atoms with van der Waals surface area (Å²) in [6.07, 6.45) is -0.846. The molecule has 1 fully saturated rings. The van der Waals surface area contributed by atoms with E-state index in [1.54, 1.807) is 14.7 Å². The van der Waals surface area contributed by atoms with Gasteiger partial charge in [-0.2, -0.15) is 0 Å². The number of nitrogens with one attached hydrogen (secondary N) is 1. The molecule has 3 amide bonds. The summed E-state index contributed by atoms with van der Waals surface area (Å²) in [5.74, 6) is -0.502. The van der Waals surface area contributed by atoms with Crippen LogP contribution < -0.4 is 15.1 Å². The third kappa shape index (κ3) is 4.72. The van der Waals surface area contributed by atoms with Gasteiger partial charge in [0.25, 0.3) is 11.8 Å². The van der Waals surface area contributed by atoms with Crippen LogP contribution >= 0.6 is 0 Å². The molecule has 7 rings (SSSR count). The van der Waals surface area contributed by atoms with E-state index in [-0.39, 0.29) is 24.3 Å². The third-order valence-corrected chi connectivity index (χ3v) is 9.55. The lowest BCUT2D eigenvalue weighted by molar-refractivity contribution is -0.140. The highest BCUT2D eigenvalue weighted by atomic mass is 16.6. The standard InChI is InChI=1S/C40H42N4O4/c1-27(2)24-34-41-39(30-20-12-14-22-32(30)42(35(39)45)25-28-16-8-6-9-17-28)40(44(34)37(47)48-38(3,4)5)31-21-13-15-23-33(31)43(36(40)46)26-29-18-10-7-11-19-29/h6-23,27,34,41H,24-26H2,1-5H3. The molecule has 4 aromatic carbocycles. The van der Waals surface area contributed by atoms with Gasteiger partial charge in [0.15, 0.2) is 11.1 Å². The molecule has 8 heteroatoms. The van der Waals surface area contributed by atoms with Gasteiger partial charge in [-0.05, 0) is 56.4 Å². The minimum absolute atomic E-state index is 0.124. The lowest BCUT2D eigenvalue weighted by Gasteiger charge is -2.43. The van der Waals surface area contributed by atoms with Crippen LogP contribution in [0.25, 0.3) is 0 Å². The van der Waals surface area contributed by atoms with Crippen molar-refractivity contribution in [2.24, 2.45) is 5.92 Å². The highest BCUT2D eigenvalue weighted by Crippen LogP contribution is 2.62. The van der Waals surface area contributed by atoms with Crippen molar-refractivity contribution in [3.63, 3.8) is 0 Å². The fourth-order valence-electron chi connectivity index (χ4n) is 7.84. The summed E-state index contributed by atoms with van der Waals surface area (Å²) >= 11 is 0. The van der Waals surface area contributed by atoms with Gasteiger partial charge in [-0.1, -0.05) is 111 Å². The first-order valence-electron chi connectivity index (χ1n) is 16.7. The second-order valence-corrected chi connectivity index (χ2v) is 14.4. The van der Waals surface area contributed by atoms with Crippen LogP contribution in [0.4, 0.5) is 16.2 Å². The monoisotopic (exact) mass is 642 g/mol. The number of hydrogen-bond acceptors (Lipinski definition) is 5. The number of anilines is 2. The molecule has 3 atom stereocenters. The van der Waals surface area contributed by atoms with Crippen molar-refractivity contribution < 1.29 is 19.1 Å². The summed E-state index contributed by atoms with van der Waals surface area (Å²) in [4.78, 5) is 51.1. The van der Waals surface area contributed by atoms with Crippen molar-refractivity contribution in [3.8, 4) is 0 Å². The van der Waals surface area contributed by atoms with Crippen LogP contribution in [0, 0.1) is 5.92 Å². The summed E-state index contributed by atoms with van der Waals surface area (Å²) in [7, 11) is 0. The zero-order chi connectivity index (χ0) is 33.8. The summed E-state index contributed by atoms with van der Waals surface area (Å²) in [5, 5.41) is 3.71. The van der Waals surface area contributed by atoms with Crippen LogP contribution in [0.15, 0.2) is 109 Å². The summed E-state index contributed by atoms with van der Waals surface area (Å²) in [6.45, 7) is 10.2. The van der Waals surface area contributed by atoms with E-state index in [1.807, 2.05) is 130 Å². The maximum atomic E-state index is 15.7. The fraction of sp³-hybridized carbons (Fsp3) is 0.325. The van der Waals surface area contributed by atoms with Crippen molar-refractivity contribution in [3.05, 3.63) is 131 Å². The molecule has 1 saturated heterocycles. The first-order valence-corrected chi connectivity index (χ1v) is 16.7. The quantitative estimate of drug-likeness (QED) is 0.243. The van der Waals surface area contributed by atoms with E-state index in [9.17, 15) is 4.79 Å². The maximum Gasteiger partial charge on any atom is 0.412 e. The highest BCUT2D eigenvalue weighted by molar-refractivity contribution is 6.19. The maximum absolute atomic E-state index is 15.7. The molecule has 3 aliphatic heterocycles. The van der Waals surface area contributed by atoms with E-state index in [0.29, 0.717) is 35.5 Å². The number of amides is 3. The Kier molecular flexibility index (Phi) is 7.67. The third-order valence-electron chi connectivity index (χ3n) is 9.55. The summed E-state index contributed by atoms with van der Waals surface area (Å²) < 4.78 is 6.14. The molecule has 0 bridgehead atoms. The molecule has 8 nitrogen and oxygen atoms in total. The number of fused-ring (bicyclic) bond motifs is 5. The van der Waals surface area contributed by atoms with Gasteiger partial charge in [0.1, 0.15) is 5.60 Å². The molecule has 2 spiro atoms. The minimum Gasteiger partial charge on any atom is -0.444 e. The Morgan fingerprint density at radius 3 is 1.75 bits per heavy atom. The number of nitrogens with zero attached hydrogens (tertiary/aromatic N) is 3. The molecular formula is C40H42N4O4. The number of carbonyl (C=O) groups is 3. The van der Waals surface area contributed by atoms with Gasteiger partial charge in [-0.15, -0.1) is 0 Å². The molecule has 48 heavy (non-hydrogen) atoms. The van der Waals surface area contributed by atoms with Crippen LogP contribution in [0.2, 0.25) is 0 Å². The van der Waals surface area contributed by atoms with Gasteiger partial charge < -0.3 is 14.5 Å². The Morgan fingerprint density at radius 1 is 0.729 bits per heavy atom. The Morgan fingerprint density at radius 2 is 1.21 bits per heavy atom. The van der Waals surface area contributed by atoms with E-state index in [0.717, 1.165) is 11.1 Å².